The number of fused-ring (bicyclic) bond motifs is 1. The number of rotatable bonds is 3. The summed E-state index contributed by atoms with van der Waals surface area (Å²) in [5.41, 5.74) is 9.55. The maximum atomic E-state index is 5.83. The number of hydrogen-bond donors (Lipinski definition) is 1. The molecule has 0 saturated carbocycles. The van der Waals surface area contributed by atoms with Crippen molar-refractivity contribution in [3.8, 4) is 0 Å². The van der Waals surface area contributed by atoms with Crippen LogP contribution >= 0.6 is 0 Å². The van der Waals surface area contributed by atoms with Gasteiger partial charge in [0.25, 0.3) is 0 Å². The summed E-state index contributed by atoms with van der Waals surface area (Å²) in [6.07, 6.45) is 5.48. The van der Waals surface area contributed by atoms with Crippen LogP contribution in [0.5, 0.6) is 0 Å². The number of nitrogens with zero attached hydrogens (tertiary/aromatic N) is 1. The largest absolute Gasteiger partial charge is 0.399 e. The third-order valence-electron chi connectivity index (χ3n) is 4.06. The zero-order chi connectivity index (χ0) is 12.4. The van der Waals surface area contributed by atoms with E-state index in [1.165, 1.54) is 36.8 Å². The lowest BCUT2D eigenvalue weighted by Crippen LogP contribution is -2.26. The summed E-state index contributed by atoms with van der Waals surface area (Å²) in [6.45, 7) is 4.22. The van der Waals surface area contributed by atoms with E-state index in [1.807, 2.05) is 6.07 Å². The Hall–Kier alpha value is -1.06. The lowest BCUT2D eigenvalue weighted by Gasteiger charge is -2.24. The molecule has 3 heteroatoms. The monoisotopic (exact) mass is 246 g/mol. The number of hydrogen-bond acceptors (Lipinski definition) is 3. The van der Waals surface area contributed by atoms with Gasteiger partial charge in [-0.05, 0) is 48.9 Å². The molecule has 0 radical (unpaired) electrons. The van der Waals surface area contributed by atoms with E-state index in [0.29, 0.717) is 6.10 Å². The topological polar surface area (TPSA) is 38.5 Å². The van der Waals surface area contributed by atoms with Crippen LogP contribution in [0.3, 0.4) is 0 Å². The standard InChI is InChI=1S/C15H22N2O/c16-14-5-4-12-10-17(11-13(12)9-14)7-6-15-3-1-2-8-18-15/h4-5,9,15H,1-3,6-8,10-11,16H2. The number of nitrogen functional groups attached to an aromatic ring is 1. The molecule has 18 heavy (non-hydrogen) atoms. The van der Waals surface area contributed by atoms with Gasteiger partial charge in [-0.3, -0.25) is 4.90 Å². The van der Waals surface area contributed by atoms with E-state index in [0.717, 1.165) is 31.9 Å². The number of benzene rings is 1. The van der Waals surface area contributed by atoms with Gasteiger partial charge >= 0.3 is 0 Å². The highest BCUT2D eigenvalue weighted by atomic mass is 16.5. The molecule has 0 spiro atoms. The maximum Gasteiger partial charge on any atom is 0.0587 e. The first-order valence-electron chi connectivity index (χ1n) is 7.02. The van der Waals surface area contributed by atoms with Crippen molar-refractivity contribution in [1.29, 1.82) is 0 Å². The minimum Gasteiger partial charge on any atom is -0.399 e. The highest BCUT2D eigenvalue weighted by Crippen LogP contribution is 2.25. The van der Waals surface area contributed by atoms with Gasteiger partial charge < -0.3 is 10.5 Å². The molecule has 1 atom stereocenters. The van der Waals surface area contributed by atoms with E-state index in [-0.39, 0.29) is 0 Å². The van der Waals surface area contributed by atoms with Crippen LogP contribution in [-0.2, 0) is 17.8 Å². The predicted octanol–water partition coefficient (Wildman–Crippen LogP) is 2.54. The van der Waals surface area contributed by atoms with Crippen molar-refractivity contribution in [3.05, 3.63) is 29.3 Å². The Balaban J connectivity index is 1.51. The molecule has 2 heterocycles. The van der Waals surface area contributed by atoms with Gasteiger partial charge in [0, 0.05) is 31.9 Å². The van der Waals surface area contributed by atoms with Crippen molar-refractivity contribution in [3.63, 3.8) is 0 Å². The second-order valence-electron chi connectivity index (χ2n) is 5.52. The second kappa shape index (κ2) is 5.29. The van der Waals surface area contributed by atoms with Crippen LogP contribution in [-0.4, -0.2) is 24.2 Å². The zero-order valence-corrected chi connectivity index (χ0v) is 10.9. The van der Waals surface area contributed by atoms with Crippen molar-refractivity contribution in [2.75, 3.05) is 18.9 Å². The van der Waals surface area contributed by atoms with Crippen LogP contribution in [0.25, 0.3) is 0 Å². The Labute approximate surface area is 109 Å². The third-order valence-corrected chi connectivity index (χ3v) is 4.06. The van der Waals surface area contributed by atoms with Gasteiger partial charge in [0.05, 0.1) is 6.10 Å². The molecule has 98 valence electrons. The second-order valence-corrected chi connectivity index (χ2v) is 5.52. The highest BCUT2D eigenvalue weighted by molar-refractivity contribution is 5.46. The number of anilines is 1. The minimum atomic E-state index is 0.493. The first-order valence-corrected chi connectivity index (χ1v) is 7.02. The van der Waals surface area contributed by atoms with Gasteiger partial charge in [-0.15, -0.1) is 0 Å². The zero-order valence-electron chi connectivity index (χ0n) is 10.9. The number of ether oxygens (including phenoxy) is 1. The fourth-order valence-corrected chi connectivity index (χ4v) is 3.00. The summed E-state index contributed by atoms with van der Waals surface area (Å²) in [7, 11) is 0. The summed E-state index contributed by atoms with van der Waals surface area (Å²) >= 11 is 0. The quantitative estimate of drug-likeness (QED) is 0.833. The average molecular weight is 246 g/mol. The van der Waals surface area contributed by atoms with Crippen LogP contribution in [0.2, 0.25) is 0 Å². The SMILES string of the molecule is Nc1ccc2c(c1)CN(CCC1CCCCO1)C2. The van der Waals surface area contributed by atoms with E-state index in [4.69, 9.17) is 10.5 Å². The van der Waals surface area contributed by atoms with E-state index in [1.54, 1.807) is 0 Å². The van der Waals surface area contributed by atoms with Gasteiger partial charge in [0.15, 0.2) is 0 Å². The fraction of sp³-hybridized carbons (Fsp3) is 0.600. The van der Waals surface area contributed by atoms with E-state index in [2.05, 4.69) is 17.0 Å². The Kier molecular flexibility index (Phi) is 3.52. The van der Waals surface area contributed by atoms with Gasteiger partial charge in [0.1, 0.15) is 0 Å². The molecule has 0 aliphatic carbocycles. The first-order chi connectivity index (χ1) is 8.81. The minimum absolute atomic E-state index is 0.493. The Bertz CT molecular complexity index is 413. The molecule has 2 aliphatic heterocycles. The smallest absolute Gasteiger partial charge is 0.0587 e. The van der Waals surface area contributed by atoms with Crippen LogP contribution in [0, 0.1) is 0 Å². The molecular formula is C15H22N2O. The van der Waals surface area contributed by atoms with Crippen molar-refractivity contribution in [2.24, 2.45) is 0 Å². The lowest BCUT2D eigenvalue weighted by atomic mass is 10.1. The molecule has 1 fully saturated rings. The van der Waals surface area contributed by atoms with Crippen molar-refractivity contribution in [1.82, 2.24) is 4.90 Å². The van der Waals surface area contributed by atoms with E-state index < -0.39 is 0 Å². The summed E-state index contributed by atoms with van der Waals surface area (Å²) in [6, 6.07) is 6.29. The maximum absolute atomic E-state index is 5.83. The van der Waals surface area contributed by atoms with Gasteiger partial charge in [-0.25, -0.2) is 0 Å². The Morgan fingerprint density at radius 3 is 2.94 bits per heavy atom. The molecule has 2 N–H and O–H groups in total. The molecule has 2 aliphatic rings. The molecule has 0 aromatic heterocycles. The van der Waals surface area contributed by atoms with Crippen molar-refractivity contribution >= 4 is 5.69 Å². The molecule has 1 aromatic carbocycles. The van der Waals surface area contributed by atoms with E-state index in [9.17, 15) is 0 Å². The van der Waals surface area contributed by atoms with Gasteiger partial charge in [-0.2, -0.15) is 0 Å². The third kappa shape index (κ3) is 2.68. The van der Waals surface area contributed by atoms with Crippen LogP contribution in [0.15, 0.2) is 18.2 Å². The molecule has 0 bridgehead atoms. The fourth-order valence-electron chi connectivity index (χ4n) is 3.00. The van der Waals surface area contributed by atoms with Crippen molar-refractivity contribution in [2.45, 2.75) is 44.9 Å². The Morgan fingerprint density at radius 2 is 2.11 bits per heavy atom. The van der Waals surface area contributed by atoms with Gasteiger partial charge in [-0.1, -0.05) is 6.07 Å². The van der Waals surface area contributed by atoms with Crippen molar-refractivity contribution < 1.29 is 4.74 Å². The highest BCUT2D eigenvalue weighted by Gasteiger charge is 2.21. The predicted molar refractivity (Wildman–Crippen MR) is 73.2 cm³/mol. The summed E-state index contributed by atoms with van der Waals surface area (Å²) in [5, 5.41) is 0. The first kappa shape index (κ1) is 12.0. The normalized spacial score (nSPS) is 24.1. The van der Waals surface area contributed by atoms with Crippen LogP contribution in [0.4, 0.5) is 5.69 Å². The summed E-state index contributed by atoms with van der Waals surface area (Å²) in [4.78, 5) is 2.50. The summed E-state index contributed by atoms with van der Waals surface area (Å²) in [5.74, 6) is 0. The average Bonchev–Trinajstić information content (AvgIpc) is 2.79. The van der Waals surface area contributed by atoms with Gasteiger partial charge in [0.2, 0.25) is 0 Å². The Morgan fingerprint density at radius 1 is 1.22 bits per heavy atom. The molecule has 3 rings (SSSR count). The molecule has 3 nitrogen and oxygen atoms in total. The van der Waals surface area contributed by atoms with Crippen LogP contribution in [0.1, 0.15) is 36.8 Å². The summed E-state index contributed by atoms with van der Waals surface area (Å²) < 4.78 is 5.79. The molecule has 0 amide bonds. The van der Waals surface area contributed by atoms with E-state index >= 15 is 0 Å². The molecule has 1 saturated heterocycles. The molecule has 1 aromatic rings. The molecular weight excluding hydrogens is 224 g/mol. The lowest BCUT2D eigenvalue weighted by molar-refractivity contribution is 0.00525. The molecule has 1 unspecified atom stereocenters. The number of nitrogens with two attached hydrogens (primary N) is 1. The van der Waals surface area contributed by atoms with Crippen LogP contribution < -0.4 is 5.73 Å².